The number of aliphatic hydroxyl groups is 1. The highest BCUT2D eigenvalue weighted by molar-refractivity contribution is 6.51. The van der Waals surface area contributed by atoms with Gasteiger partial charge in [0.1, 0.15) is 11.6 Å². The van der Waals surface area contributed by atoms with Crippen LogP contribution in [0, 0.1) is 15.9 Å². The molecule has 0 radical (unpaired) electrons. The molecule has 31 heavy (non-hydrogen) atoms. The van der Waals surface area contributed by atoms with Gasteiger partial charge in [0.05, 0.1) is 22.2 Å². The summed E-state index contributed by atoms with van der Waals surface area (Å²) in [7, 11) is 0. The summed E-state index contributed by atoms with van der Waals surface area (Å²) in [6.45, 7) is 0. The Hall–Kier alpha value is -4.33. The zero-order valence-electron chi connectivity index (χ0n) is 15.9. The summed E-state index contributed by atoms with van der Waals surface area (Å²) in [6.07, 6.45) is 0. The topological polar surface area (TPSA) is 101 Å². The van der Waals surface area contributed by atoms with E-state index in [0.29, 0.717) is 0 Å². The Morgan fingerprint density at radius 2 is 1.65 bits per heavy atom. The van der Waals surface area contributed by atoms with Gasteiger partial charge in [-0.25, -0.2) is 4.39 Å². The summed E-state index contributed by atoms with van der Waals surface area (Å²) in [6, 6.07) is 17.5. The van der Waals surface area contributed by atoms with Crippen molar-refractivity contribution in [1.29, 1.82) is 0 Å². The molecule has 7 nitrogen and oxygen atoms in total. The molecule has 0 aromatic heterocycles. The summed E-state index contributed by atoms with van der Waals surface area (Å²) >= 11 is 0. The van der Waals surface area contributed by atoms with Gasteiger partial charge in [0.15, 0.2) is 0 Å². The Kier molecular flexibility index (Phi) is 5.04. The first kappa shape index (κ1) is 20.0. The molecule has 0 spiro atoms. The molecule has 0 aliphatic carbocycles. The maximum atomic E-state index is 14.8. The summed E-state index contributed by atoms with van der Waals surface area (Å²) in [4.78, 5) is 37.5. The lowest BCUT2D eigenvalue weighted by Gasteiger charge is -2.25. The fourth-order valence-corrected chi connectivity index (χ4v) is 3.60. The molecule has 1 atom stereocenters. The molecular weight excluding hydrogens is 403 g/mol. The first-order chi connectivity index (χ1) is 14.9. The third-order valence-electron chi connectivity index (χ3n) is 5.01. The molecule has 1 heterocycles. The number of benzene rings is 3. The monoisotopic (exact) mass is 418 g/mol. The van der Waals surface area contributed by atoms with Crippen molar-refractivity contribution in [2.45, 2.75) is 6.04 Å². The van der Waals surface area contributed by atoms with Crippen LogP contribution in [0.3, 0.4) is 0 Å². The minimum atomic E-state index is -1.30. The number of non-ortho nitro benzene ring substituents is 1. The van der Waals surface area contributed by atoms with E-state index in [1.54, 1.807) is 30.3 Å². The molecule has 154 valence electrons. The van der Waals surface area contributed by atoms with E-state index in [-0.39, 0.29) is 28.1 Å². The van der Waals surface area contributed by atoms with Gasteiger partial charge in [0, 0.05) is 23.3 Å². The van der Waals surface area contributed by atoms with Crippen molar-refractivity contribution >= 4 is 28.8 Å². The van der Waals surface area contributed by atoms with Crippen molar-refractivity contribution in [3.8, 4) is 0 Å². The van der Waals surface area contributed by atoms with Gasteiger partial charge < -0.3 is 5.11 Å². The van der Waals surface area contributed by atoms with Gasteiger partial charge in [0.2, 0.25) is 0 Å². The minimum Gasteiger partial charge on any atom is -0.507 e. The third-order valence-corrected chi connectivity index (χ3v) is 5.01. The van der Waals surface area contributed by atoms with E-state index >= 15 is 0 Å². The Labute approximate surface area is 175 Å². The van der Waals surface area contributed by atoms with E-state index < -0.39 is 34.2 Å². The molecule has 3 aromatic rings. The van der Waals surface area contributed by atoms with Crippen molar-refractivity contribution in [3.63, 3.8) is 0 Å². The number of nitro groups is 1. The Bertz CT molecular complexity index is 1240. The van der Waals surface area contributed by atoms with Gasteiger partial charge in [-0.2, -0.15) is 0 Å². The molecule has 1 aliphatic heterocycles. The third kappa shape index (κ3) is 3.44. The number of hydrogen-bond acceptors (Lipinski definition) is 5. The highest BCUT2D eigenvalue weighted by atomic mass is 19.1. The van der Waals surface area contributed by atoms with Crippen LogP contribution in [0.4, 0.5) is 15.8 Å². The van der Waals surface area contributed by atoms with Crippen LogP contribution in [0.1, 0.15) is 17.2 Å². The van der Waals surface area contributed by atoms with E-state index in [1.165, 1.54) is 42.5 Å². The Morgan fingerprint density at radius 1 is 0.968 bits per heavy atom. The fourth-order valence-electron chi connectivity index (χ4n) is 3.60. The molecule has 1 amide bonds. The number of rotatable bonds is 4. The lowest BCUT2D eigenvalue weighted by atomic mass is 9.94. The average molecular weight is 418 g/mol. The number of carbonyl (C=O) groups excluding carboxylic acids is 2. The smallest absolute Gasteiger partial charge is 0.300 e. The number of nitrogens with zero attached hydrogens (tertiary/aromatic N) is 2. The van der Waals surface area contributed by atoms with Crippen molar-refractivity contribution in [1.82, 2.24) is 0 Å². The fraction of sp³-hybridized carbons (Fsp3) is 0.0435. The summed E-state index contributed by atoms with van der Waals surface area (Å²) < 4.78 is 14.8. The molecule has 0 bridgehead atoms. The number of Topliss-reactive ketones (excluding diaryl/α,β-unsaturated/α-hetero) is 1. The van der Waals surface area contributed by atoms with Crippen LogP contribution in [0.25, 0.3) is 5.76 Å². The van der Waals surface area contributed by atoms with Crippen molar-refractivity contribution < 1.29 is 24.0 Å². The second-order valence-electron chi connectivity index (χ2n) is 6.83. The minimum absolute atomic E-state index is 0.0225. The molecular formula is C23H15FN2O5. The summed E-state index contributed by atoms with van der Waals surface area (Å²) in [5, 5.41) is 22.1. The molecule has 3 aromatic carbocycles. The number of aliphatic hydroxyl groups excluding tert-OH is 1. The molecule has 1 N–H and O–H groups in total. The van der Waals surface area contributed by atoms with Gasteiger partial charge in [-0.15, -0.1) is 0 Å². The van der Waals surface area contributed by atoms with Crippen molar-refractivity contribution in [2.24, 2.45) is 0 Å². The van der Waals surface area contributed by atoms with Gasteiger partial charge in [-0.3, -0.25) is 24.6 Å². The lowest BCUT2D eigenvalue weighted by molar-refractivity contribution is -0.384. The van der Waals surface area contributed by atoms with E-state index in [9.17, 15) is 29.2 Å². The van der Waals surface area contributed by atoms with Gasteiger partial charge in [0.25, 0.3) is 17.4 Å². The van der Waals surface area contributed by atoms with Crippen LogP contribution in [-0.4, -0.2) is 21.7 Å². The zero-order valence-corrected chi connectivity index (χ0v) is 15.9. The molecule has 4 rings (SSSR count). The highest BCUT2D eigenvalue weighted by Gasteiger charge is 2.48. The maximum absolute atomic E-state index is 14.8. The average Bonchev–Trinajstić information content (AvgIpc) is 3.04. The number of halogens is 1. The number of nitro benzene ring substituents is 1. The highest BCUT2D eigenvalue weighted by Crippen LogP contribution is 2.43. The van der Waals surface area contributed by atoms with E-state index in [4.69, 9.17) is 0 Å². The Balaban J connectivity index is 1.98. The molecule has 1 fully saturated rings. The lowest BCUT2D eigenvalue weighted by Crippen LogP contribution is -2.29. The number of ketones is 1. The van der Waals surface area contributed by atoms with Crippen LogP contribution in [-0.2, 0) is 9.59 Å². The predicted octanol–water partition coefficient (Wildman–Crippen LogP) is 4.36. The summed E-state index contributed by atoms with van der Waals surface area (Å²) in [5.41, 5.74) is -0.300. The second-order valence-corrected chi connectivity index (χ2v) is 6.83. The molecule has 1 aliphatic rings. The van der Waals surface area contributed by atoms with Crippen molar-refractivity contribution in [3.05, 3.63) is 111 Å². The Morgan fingerprint density at radius 3 is 2.32 bits per heavy atom. The van der Waals surface area contributed by atoms with E-state index in [0.717, 1.165) is 11.0 Å². The van der Waals surface area contributed by atoms with Gasteiger partial charge >= 0.3 is 0 Å². The molecule has 8 heteroatoms. The van der Waals surface area contributed by atoms with E-state index in [1.807, 2.05) is 0 Å². The predicted molar refractivity (Wildman–Crippen MR) is 111 cm³/mol. The van der Waals surface area contributed by atoms with Gasteiger partial charge in [-0.05, 0) is 12.1 Å². The normalized spacial score (nSPS) is 17.7. The summed E-state index contributed by atoms with van der Waals surface area (Å²) in [5.74, 6) is -3.18. The number of amides is 1. The maximum Gasteiger partial charge on any atom is 0.300 e. The number of carbonyl (C=O) groups is 2. The van der Waals surface area contributed by atoms with Crippen LogP contribution >= 0.6 is 0 Å². The molecule has 1 unspecified atom stereocenters. The quantitative estimate of drug-likeness (QED) is 0.223. The molecule has 1 saturated heterocycles. The molecule has 0 saturated carbocycles. The zero-order chi connectivity index (χ0) is 22.1. The first-order valence-corrected chi connectivity index (χ1v) is 9.25. The van der Waals surface area contributed by atoms with E-state index in [2.05, 4.69) is 0 Å². The van der Waals surface area contributed by atoms with Crippen LogP contribution < -0.4 is 4.90 Å². The first-order valence-electron chi connectivity index (χ1n) is 9.25. The number of hydrogen-bond donors (Lipinski definition) is 1. The van der Waals surface area contributed by atoms with Crippen LogP contribution in [0.15, 0.2) is 84.4 Å². The number of anilines is 1. The van der Waals surface area contributed by atoms with Crippen molar-refractivity contribution in [2.75, 3.05) is 4.90 Å². The van der Waals surface area contributed by atoms with Crippen LogP contribution in [0.2, 0.25) is 0 Å². The standard InChI is InChI=1S/C23H15FN2O5/c24-18-12-5-4-11-17(18)20-19(21(27)14-7-2-1-3-8-14)22(28)23(29)25(20)15-9-6-10-16(13-15)26(30)31/h1-13,20,27H/b21-19+. The van der Waals surface area contributed by atoms with Crippen LogP contribution in [0.5, 0.6) is 0 Å². The SMILES string of the molecule is O=C1C(=O)N(c2cccc([N+](=O)[O-])c2)C(c2ccccc2F)/C1=C(\O)c1ccccc1. The van der Waals surface area contributed by atoms with Gasteiger partial charge in [-0.1, -0.05) is 54.6 Å². The largest absolute Gasteiger partial charge is 0.507 e. The second kappa shape index (κ2) is 7.83.